The SMILES string of the molecule is CCCC(NC1CC(O)C1)C(=O)OCC. The summed E-state index contributed by atoms with van der Waals surface area (Å²) in [4.78, 5) is 11.5. The minimum Gasteiger partial charge on any atom is -0.465 e. The summed E-state index contributed by atoms with van der Waals surface area (Å²) < 4.78 is 4.99. The van der Waals surface area contributed by atoms with Crippen molar-refractivity contribution >= 4 is 5.97 Å². The van der Waals surface area contributed by atoms with Crippen LogP contribution in [0, 0.1) is 0 Å². The van der Waals surface area contributed by atoms with Crippen LogP contribution >= 0.6 is 0 Å². The standard InChI is InChI=1S/C11H21NO3/c1-3-5-10(11(14)15-4-2)12-8-6-9(13)7-8/h8-10,12-13H,3-7H2,1-2H3. The van der Waals surface area contributed by atoms with E-state index in [2.05, 4.69) is 5.32 Å². The van der Waals surface area contributed by atoms with Gasteiger partial charge in [-0.25, -0.2) is 0 Å². The molecular weight excluding hydrogens is 194 g/mol. The van der Waals surface area contributed by atoms with Crippen LogP contribution in [-0.2, 0) is 9.53 Å². The summed E-state index contributed by atoms with van der Waals surface area (Å²) in [6.07, 6.45) is 3.06. The molecule has 88 valence electrons. The smallest absolute Gasteiger partial charge is 0.323 e. The first-order valence-corrected chi connectivity index (χ1v) is 5.78. The zero-order valence-corrected chi connectivity index (χ0v) is 9.53. The van der Waals surface area contributed by atoms with Crippen molar-refractivity contribution in [2.75, 3.05) is 6.61 Å². The molecule has 0 aromatic rings. The van der Waals surface area contributed by atoms with E-state index in [0.29, 0.717) is 6.61 Å². The van der Waals surface area contributed by atoms with Gasteiger partial charge in [-0.15, -0.1) is 0 Å². The molecule has 1 fully saturated rings. The third-order valence-electron chi connectivity index (χ3n) is 2.70. The molecule has 1 atom stereocenters. The fourth-order valence-electron chi connectivity index (χ4n) is 1.81. The first kappa shape index (κ1) is 12.5. The highest BCUT2D eigenvalue weighted by Crippen LogP contribution is 2.20. The van der Waals surface area contributed by atoms with Gasteiger partial charge in [0, 0.05) is 6.04 Å². The highest BCUT2D eigenvalue weighted by Gasteiger charge is 2.31. The molecule has 1 rings (SSSR count). The minimum absolute atomic E-state index is 0.166. The molecule has 0 radical (unpaired) electrons. The minimum atomic E-state index is -0.201. The Bertz CT molecular complexity index is 202. The topological polar surface area (TPSA) is 58.6 Å². The average Bonchev–Trinajstić information content (AvgIpc) is 2.14. The molecule has 0 bridgehead atoms. The molecule has 0 spiro atoms. The first-order valence-electron chi connectivity index (χ1n) is 5.78. The van der Waals surface area contributed by atoms with E-state index < -0.39 is 0 Å². The number of ether oxygens (including phenoxy) is 1. The molecular formula is C11H21NO3. The number of hydrogen-bond acceptors (Lipinski definition) is 4. The van der Waals surface area contributed by atoms with Crippen LogP contribution in [0.5, 0.6) is 0 Å². The van der Waals surface area contributed by atoms with Crippen molar-refractivity contribution in [2.45, 2.75) is 57.7 Å². The normalized spacial score (nSPS) is 26.9. The molecule has 0 aliphatic heterocycles. The second kappa shape index (κ2) is 6.08. The molecule has 1 unspecified atom stereocenters. The number of carbonyl (C=O) groups excluding carboxylic acids is 1. The summed E-state index contributed by atoms with van der Waals surface area (Å²) in [6.45, 7) is 4.28. The summed E-state index contributed by atoms with van der Waals surface area (Å²) in [6, 6.07) is 0.0772. The van der Waals surface area contributed by atoms with Gasteiger partial charge in [0.05, 0.1) is 12.7 Å². The highest BCUT2D eigenvalue weighted by atomic mass is 16.5. The van der Waals surface area contributed by atoms with E-state index in [-0.39, 0.29) is 24.2 Å². The molecule has 0 aromatic heterocycles. The van der Waals surface area contributed by atoms with E-state index in [0.717, 1.165) is 25.7 Å². The number of hydrogen-bond donors (Lipinski definition) is 2. The van der Waals surface area contributed by atoms with Crippen molar-refractivity contribution in [3.63, 3.8) is 0 Å². The maximum Gasteiger partial charge on any atom is 0.323 e. The fourth-order valence-corrected chi connectivity index (χ4v) is 1.81. The van der Waals surface area contributed by atoms with Gasteiger partial charge in [-0.2, -0.15) is 0 Å². The monoisotopic (exact) mass is 215 g/mol. The molecule has 0 heterocycles. The summed E-state index contributed by atoms with van der Waals surface area (Å²) in [7, 11) is 0. The van der Waals surface area contributed by atoms with Gasteiger partial charge in [-0.05, 0) is 26.2 Å². The number of rotatable bonds is 6. The average molecular weight is 215 g/mol. The van der Waals surface area contributed by atoms with Crippen LogP contribution in [0.2, 0.25) is 0 Å². The van der Waals surface area contributed by atoms with Gasteiger partial charge < -0.3 is 15.2 Å². The molecule has 0 amide bonds. The van der Waals surface area contributed by atoms with Crippen LogP contribution in [0.4, 0.5) is 0 Å². The number of aliphatic hydroxyl groups excluding tert-OH is 1. The van der Waals surface area contributed by atoms with Gasteiger partial charge in [-0.1, -0.05) is 13.3 Å². The third kappa shape index (κ3) is 3.80. The van der Waals surface area contributed by atoms with Crippen molar-refractivity contribution in [3.05, 3.63) is 0 Å². The summed E-state index contributed by atoms with van der Waals surface area (Å²) >= 11 is 0. The van der Waals surface area contributed by atoms with Crippen molar-refractivity contribution in [3.8, 4) is 0 Å². The van der Waals surface area contributed by atoms with Crippen LogP contribution in [0.25, 0.3) is 0 Å². The Hall–Kier alpha value is -0.610. The molecule has 15 heavy (non-hydrogen) atoms. The zero-order chi connectivity index (χ0) is 11.3. The molecule has 1 aliphatic carbocycles. The number of nitrogens with one attached hydrogen (secondary N) is 1. The van der Waals surface area contributed by atoms with Crippen LogP contribution in [0.3, 0.4) is 0 Å². The van der Waals surface area contributed by atoms with Gasteiger partial charge in [0.15, 0.2) is 0 Å². The number of carbonyl (C=O) groups is 1. The van der Waals surface area contributed by atoms with Gasteiger partial charge in [0.2, 0.25) is 0 Å². The Kier molecular flexibility index (Phi) is 5.05. The highest BCUT2D eigenvalue weighted by molar-refractivity contribution is 5.75. The Morgan fingerprint density at radius 3 is 2.67 bits per heavy atom. The lowest BCUT2D eigenvalue weighted by atomic mass is 9.88. The maximum atomic E-state index is 11.5. The number of esters is 1. The van der Waals surface area contributed by atoms with E-state index in [1.807, 2.05) is 13.8 Å². The van der Waals surface area contributed by atoms with Gasteiger partial charge in [0.25, 0.3) is 0 Å². The Labute approximate surface area is 91.0 Å². The van der Waals surface area contributed by atoms with Crippen LogP contribution in [0.1, 0.15) is 39.5 Å². The summed E-state index contributed by atoms with van der Waals surface area (Å²) in [5.74, 6) is -0.166. The Morgan fingerprint density at radius 2 is 2.20 bits per heavy atom. The summed E-state index contributed by atoms with van der Waals surface area (Å²) in [5, 5.41) is 12.4. The van der Waals surface area contributed by atoms with Crippen LogP contribution < -0.4 is 5.32 Å². The largest absolute Gasteiger partial charge is 0.465 e. The summed E-state index contributed by atoms with van der Waals surface area (Å²) in [5.41, 5.74) is 0. The fraction of sp³-hybridized carbons (Fsp3) is 0.909. The van der Waals surface area contributed by atoms with Gasteiger partial charge in [0.1, 0.15) is 6.04 Å². The van der Waals surface area contributed by atoms with Crippen molar-refractivity contribution < 1.29 is 14.6 Å². The molecule has 0 saturated heterocycles. The molecule has 1 saturated carbocycles. The molecule has 4 nitrogen and oxygen atoms in total. The Balaban J connectivity index is 2.32. The molecule has 1 aliphatic rings. The van der Waals surface area contributed by atoms with E-state index in [1.165, 1.54) is 0 Å². The van der Waals surface area contributed by atoms with Crippen molar-refractivity contribution in [2.24, 2.45) is 0 Å². The second-order valence-corrected chi connectivity index (χ2v) is 4.08. The lowest BCUT2D eigenvalue weighted by molar-refractivity contribution is -0.146. The van der Waals surface area contributed by atoms with E-state index in [9.17, 15) is 4.79 Å². The number of aliphatic hydroxyl groups is 1. The lowest BCUT2D eigenvalue weighted by Crippen LogP contribution is -2.51. The van der Waals surface area contributed by atoms with Gasteiger partial charge in [-0.3, -0.25) is 4.79 Å². The molecule has 2 N–H and O–H groups in total. The first-order chi connectivity index (χ1) is 7.17. The molecule has 4 heteroatoms. The predicted molar refractivity (Wildman–Crippen MR) is 57.5 cm³/mol. The maximum absolute atomic E-state index is 11.5. The van der Waals surface area contributed by atoms with Crippen LogP contribution in [0.15, 0.2) is 0 Å². The van der Waals surface area contributed by atoms with Crippen LogP contribution in [-0.4, -0.2) is 35.9 Å². The van der Waals surface area contributed by atoms with E-state index >= 15 is 0 Å². The van der Waals surface area contributed by atoms with Crippen molar-refractivity contribution in [1.29, 1.82) is 0 Å². The predicted octanol–water partition coefficient (Wildman–Crippen LogP) is 0.831. The Morgan fingerprint density at radius 1 is 1.53 bits per heavy atom. The van der Waals surface area contributed by atoms with Crippen molar-refractivity contribution in [1.82, 2.24) is 5.32 Å². The quantitative estimate of drug-likeness (QED) is 0.644. The second-order valence-electron chi connectivity index (χ2n) is 4.08. The van der Waals surface area contributed by atoms with E-state index in [1.54, 1.807) is 0 Å². The van der Waals surface area contributed by atoms with E-state index in [4.69, 9.17) is 9.84 Å². The zero-order valence-electron chi connectivity index (χ0n) is 9.53. The lowest BCUT2D eigenvalue weighted by Gasteiger charge is -2.34. The van der Waals surface area contributed by atoms with Gasteiger partial charge >= 0.3 is 5.97 Å². The third-order valence-corrected chi connectivity index (χ3v) is 2.70. The molecule has 0 aromatic carbocycles.